The predicted octanol–water partition coefficient (Wildman–Crippen LogP) is 2.20. The zero-order chi connectivity index (χ0) is 15.7. The minimum Gasteiger partial charge on any atom is -0.479 e. The van der Waals surface area contributed by atoms with E-state index in [4.69, 9.17) is 4.74 Å². The van der Waals surface area contributed by atoms with Crippen LogP contribution in [0, 0.1) is 17.3 Å². The van der Waals surface area contributed by atoms with Gasteiger partial charge in [0.2, 0.25) is 5.91 Å². The molecule has 21 heavy (non-hydrogen) atoms. The average Bonchev–Trinajstić information content (AvgIpc) is 2.88. The summed E-state index contributed by atoms with van der Waals surface area (Å²) in [5.74, 6) is -0.516. The lowest BCUT2D eigenvalue weighted by Gasteiger charge is -2.37. The van der Waals surface area contributed by atoms with Gasteiger partial charge in [0.25, 0.3) is 0 Å². The number of hydrogen-bond acceptors (Lipinski definition) is 3. The number of carboxylic acids is 1. The fourth-order valence-corrected chi connectivity index (χ4v) is 3.45. The highest BCUT2D eigenvalue weighted by Crippen LogP contribution is 2.40. The van der Waals surface area contributed by atoms with Crippen LogP contribution in [0.4, 0.5) is 0 Å². The fraction of sp³-hybridized carbons (Fsp3) is 0.875. The Morgan fingerprint density at radius 2 is 1.81 bits per heavy atom. The summed E-state index contributed by atoms with van der Waals surface area (Å²) >= 11 is 0. The molecule has 2 N–H and O–H groups in total. The van der Waals surface area contributed by atoms with Crippen molar-refractivity contribution in [2.45, 2.75) is 58.4 Å². The molecule has 0 aromatic heterocycles. The Bertz CT molecular complexity index is 399. The zero-order valence-corrected chi connectivity index (χ0v) is 13.3. The van der Waals surface area contributed by atoms with Crippen molar-refractivity contribution in [2.75, 3.05) is 13.2 Å². The molecule has 1 saturated heterocycles. The van der Waals surface area contributed by atoms with Crippen molar-refractivity contribution in [2.24, 2.45) is 17.3 Å². The van der Waals surface area contributed by atoms with Crippen LogP contribution in [0.2, 0.25) is 0 Å². The maximum atomic E-state index is 12.4. The van der Waals surface area contributed by atoms with Crippen LogP contribution in [0.15, 0.2) is 0 Å². The van der Waals surface area contributed by atoms with Gasteiger partial charge in [0.05, 0.1) is 6.61 Å². The molecular formula is C16H27NO4. The lowest BCUT2D eigenvalue weighted by molar-refractivity contribution is -0.148. The Balaban J connectivity index is 1.92. The van der Waals surface area contributed by atoms with E-state index in [1.165, 1.54) is 0 Å². The molecule has 1 aliphatic carbocycles. The number of ether oxygens (including phenoxy) is 1. The number of carbonyl (C=O) groups is 2. The standard InChI is InChI=1S/C16H27NO4/c1-15(2,3)12-6-4-11(5-7-12)13(18)17-16(14(19)20)8-9-21-10-16/h11-12H,4-10H2,1-3H3,(H,17,18)(H,19,20). The van der Waals surface area contributed by atoms with Gasteiger partial charge in [0, 0.05) is 18.9 Å². The van der Waals surface area contributed by atoms with E-state index in [1.54, 1.807) is 0 Å². The monoisotopic (exact) mass is 297 g/mol. The normalized spacial score (nSPS) is 33.7. The van der Waals surface area contributed by atoms with Crippen LogP contribution in [-0.4, -0.2) is 35.7 Å². The first-order valence-corrected chi connectivity index (χ1v) is 7.88. The predicted molar refractivity (Wildman–Crippen MR) is 78.8 cm³/mol. The van der Waals surface area contributed by atoms with Gasteiger partial charge in [-0.3, -0.25) is 4.79 Å². The smallest absolute Gasteiger partial charge is 0.331 e. The number of hydrogen-bond donors (Lipinski definition) is 2. The van der Waals surface area contributed by atoms with Crippen molar-refractivity contribution < 1.29 is 19.4 Å². The maximum absolute atomic E-state index is 12.4. The Hall–Kier alpha value is -1.10. The van der Waals surface area contributed by atoms with Gasteiger partial charge in [0.1, 0.15) is 0 Å². The number of carboxylic acid groups (broad SMARTS) is 1. The third kappa shape index (κ3) is 3.57. The number of carbonyl (C=O) groups excluding carboxylic acids is 1. The number of rotatable bonds is 3. The lowest BCUT2D eigenvalue weighted by atomic mass is 9.69. The Labute approximate surface area is 126 Å². The van der Waals surface area contributed by atoms with E-state index in [0.717, 1.165) is 25.7 Å². The Morgan fingerprint density at radius 3 is 2.24 bits per heavy atom. The van der Waals surface area contributed by atoms with Gasteiger partial charge in [-0.1, -0.05) is 20.8 Å². The molecule has 2 rings (SSSR count). The highest BCUT2D eigenvalue weighted by atomic mass is 16.5. The van der Waals surface area contributed by atoms with E-state index in [9.17, 15) is 14.7 Å². The Kier molecular flexibility index (Phi) is 4.61. The molecule has 1 heterocycles. The lowest BCUT2D eigenvalue weighted by Crippen LogP contribution is -2.56. The van der Waals surface area contributed by atoms with Crippen molar-refractivity contribution in [1.82, 2.24) is 5.32 Å². The first kappa shape index (κ1) is 16.3. The minimum absolute atomic E-state index is 0.0552. The third-order valence-corrected chi connectivity index (χ3v) is 5.12. The summed E-state index contributed by atoms with van der Waals surface area (Å²) < 4.78 is 5.18. The van der Waals surface area contributed by atoms with Crippen molar-refractivity contribution in [3.05, 3.63) is 0 Å². The van der Waals surface area contributed by atoms with E-state index in [2.05, 4.69) is 26.1 Å². The first-order chi connectivity index (χ1) is 9.74. The molecule has 1 atom stereocenters. The van der Waals surface area contributed by atoms with Crippen LogP contribution in [0.5, 0.6) is 0 Å². The summed E-state index contributed by atoms with van der Waals surface area (Å²) in [6.07, 6.45) is 4.14. The summed E-state index contributed by atoms with van der Waals surface area (Å²) in [5, 5.41) is 12.1. The summed E-state index contributed by atoms with van der Waals surface area (Å²) in [6.45, 7) is 7.20. The van der Waals surface area contributed by atoms with Crippen LogP contribution < -0.4 is 5.32 Å². The van der Waals surface area contributed by atoms with Crippen molar-refractivity contribution in [3.8, 4) is 0 Å². The van der Waals surface area contributed by atoms with E-state index >= 15 is 0 Å². The molecule has 2 fully saturated rings. The van der Waals surface area contributed by atoms with Gasteiger partial charge in [-0.25, -0.2) is 4.79 Å². The second-order valence-electron chi connectivity index (χ2n) is 7.59. The maximum Gasteiger partial charge on any atom is 0.331 e. The van der Waals surface area contributed by atoms with Crippen LogP contribution in [0.3, 0.4) is 0 Å². The molecule has 1 unspecified atom stereocenters. The van der Waals surface area contributed by atoms with Crippen molar-refractivity contribution in [1.29, 1.82) is 0 Å². The highest BCUT2D eigenvalue weighted by Gasteiger charge is 2.45. The topological polar surface area (TPSA) is 75.6 Å². The molecule has 1 aliphatic heterocycles. The van der Waals surface area contributed by atoms with Gasteiger partial charge in [-0.05, 0) is 37.0 Å². The largest absolute Gasteiger partial charge is 0.479 e. The molecule has 0 aromatic rings. The Morgan fingerprint density at radius 1 is 1.19 bits per heavy atom. The van der Waals surface area contributed by atoms with Gasteiger partial charge < -0.3 is 15.2 Å². The molecule has 1 amide bonds. The van der Waals surface area contributed by atoms with Crippen LogP contribution >= 0.6 is 0 Å². The SMILES string of the molecule is CC(C)(C)C1CCC(C(=O)NC2(C(=O)O)CCOC2)CC1. The second-order valence-corrected chi connectivity index (χ2v) is 7.59. The molecule has 0 radical (unpaired) electrons. The van der Waals surface area contributed by atoms with E-state index in [-0.39, 0.29) is 23.8 Å². The van der Waals surface area contributed by atoms with Gasteiger partial charge in [-0.15, -0.1) is 0 Å². The molecule has 2 aliphatic rings. The fourth-order valence-electron chi connectivity index (χ4n) is 3.45. The number of nitrogens with one attached hydrogen (secondary N) is 1. The molecule has 0 aromatic carbocycles. The van der Waals surface area contributed by atoms with Gasteiger partial charge >= 0.3 is 5.97 Å². The van der Waals surface area contributed by atoms with E-state index in [1.807, 2.05) is 0 Å². The summed E-state index contributed by atoms with van der Waals surface area (Å²) in [5.41, 5.74) is -0.930. The molecule has 0 spiro atoms. The van der Waals surface area contributed by atoms with Crippen molar-refractivity contribution in [3.63, 3.8) is 0 Å². The van der Waals surface area contributed by atoms with Crippen LogP contribution in [-0.2, 0) is 14.3 Å². The van der Waals surface area contributed by atoms with Gasteiger partial charge in [0.15, 0.2) is 5.54 Å². The highest BCUT2D eigenvalue weighted by molar-refractivity contribution is 5.88. The quantitative estimate of drug-likeness (QED) is 0.837. The molecule has 1 saturated carbocycles. The van der Waals surface area contributed by atoms with Crippen LogP contribution in [0.1, 0.15) is 52.9 Å². The molecule has 0 bridgehead atoms. The summed E-state index contributed by atoms with van der Waals surface area (Å²) in [7, 11) is 0. The second kappa shape index (κ2) is 5.95. The van der Waals surface area contributed by atoms with Gasteiger partial charge in [-0.2, -0.15) is 0 Å². The number of aliphatic carboxylic acids is 1. The van der Waals surface area contributed by atoms with E-state index in [0.29, 0.717) is 18.9 Å². The molecule has 120 valence electrons. The van der Waals surface area contributed by atoms with Crippen molar-refractivity contribution >= 4 is 11.9 Å². The average molecular weight is 297 g/mol. The molecular weight excluding hydrogens is 270 g/mol. The number of amides is 1. The summed E-state index contributed by atoms with van der Waals surface area (Å²) in [4.78, 5) is 23.8. The molecule has 5 nitrogen and oxygen atoms in total. The summed E-state index contributed by atoms with van der Waals surface area (Å²) in [6, 6.07) is 0. The minimum atomic E-state index is -1.21. The zero-order valence-electron chi connectivity index (χ0n) is 13.3. The molecule has 5 heteroatoms. The van der Waals surface area contributed by atoms with Crippen LogP contribution in [0.25, 0.3) is 0 Å². The van der Waals surface area contributed by atoms with E-state index < -0.39 is 11.5 Å². The first-order valence-electron chi connectivity index (χ1n) is 7.88. The third-order valence-electron chi connectivity index (χ3n) is 5.12.